The number of nitrogens with one attached hydrogen (secondary N) is 2. The monoisotopic (exact) mass is 624 g/mol. The Morgan fingerprint density at radius 3 is 2.76 bits per heavy atom. The lowest BCUT2D eigenvalue weighted by Crippen LogP contribution is -2.41. The molecule has 2 aromatic heterocycles. The molecule has 2 fully saturated rings. The minimum Gasteiger partial charge on any atom is -0.461 e. The van der Waals surface area contributed by atoms with Gasteiger partial charge >= 0.3 is 13.7 Å². The number of ether oxygens (including phenoxy) is 2. The van der Waals surface area contributed by atoms with Gasteiger partial charge in [0.1, 0.15) is 35.0 Å². The van der Waals surface area contributed by atoms with Crippen LogP contribution in [0.15, 0.2) is 41.5 Å². The fourth-order valence-corrected chi connectivity index (χ4v) is 6.89. The number of carbonyl (C=O) groups is 1. The van der Waals surface area contributed by atoms with Gasteiger partial charge in [0.15, 0.2) is 17.4 Å². The minimum absolute atomic E-state index is 0.00789. The molecule has 228 valence electrons. The summed E-state index contributed by atoms with van der Waals surface area (Å²) in [5, 5.41) is 13.8. The maximum absolute atomic E-state index is 14.0. The van der Waals surface area contributed by atoms with Crippen molar-refractivity contribution >= 4 is 42.4 Å². The summed E-state index contributed by atoms with van der Waals surface area (Å²) in [6.45, 7) is 2.60. The van der Waals surface area contributed by atoms with Crippen molar-refractivity contribution in [2.75, 3.05) is 12.3 Å². The molecular formula is C26H34ClN6O8P. The van der Waals surface area contributed by atoms with Gasteiger partial charge in [-0.2, -0.15) is 10.1 Å². The number of nitrogen functional groups attached to an aromatic ring is 1. The van der Waals surface area contributed by atoms with Crippen molar-refractivity contribution in [3.63, 3.8) is 0 Å². The summed E-state index contributed by atoms with van der Waals surface area (Å²) in [6, 6.07) is 7.27. The molecule has 5 N–H and O–H groups in total. The second kappa shape index (κ2) is 12.3. The van der Waals surface area contributed by atoms with Gasteiger partial charge in [-0.15, -0.1) is 11.6 Å². The van der Waals surface area contributed by atoms with Gasteiger partial charge in [0.05, 0.1) is 12.9 Å². The van der Waals surface area contributed by atoms with Gasteiger partial charge in [-0.1, -0.05) is 24.6 Å². The second-order valence-electron chi connectivity index (χ2n) is 10.6. The number of alkyl halides is 1. The van der Waals surface area contributed by atoms with Gasteiger partial charge in [-0.05, 0) is 51.7 Å². The number of esters is 1. The third-order valence-corrected chi connectivity index (χ3v) is 9.39. The fraction of sp³-hybridized carbons (Fsp3) is 0.538. The van der Waals surface area contributed by atoms with Crippen molar-refractivity contribution in [1.29, 1.82) is 0 Å². The minimum atomic E-state index is -4.24. The second-order valence-corrected chi connectivity index (χ2v) is 13.2. The molecule has 5 rings (SSSR count). The lowest BCUT2D eigenvalue weighted by molar-refractivity contribution is -0.152. The maximum atomic E-state index is 14.0. The number of aromatic nitrogens is 4. The summed E-state index contributed by atoms with van der Waals surface area (Å²) in [7, 11) is -4.24. The molecule has 6 unspecified atom stereocenters. The van der Waals surface area contributed by atoms with Crippen molar-refractivity contribution < 1.29 is 33.0 Å². The lowest BCUT2D eigenvalue weighted by Gasteiger charge is -2.27. The summed E-state index contributed by atoms with van der Waals surface area (Å²) in [6.07, 6.45) is 2.25. The summed E-state index contributed by atoms with van der Waals surface area (Å²) in [4.78, 5) is 34.2. The molecule has 0 bridgehead atoms. The first-order chi connectivity index (χ1) is 20.0. The highest BCUT2D eigenvalue weighted by Gasteiger charge is 2.54. The summed E-state index contributed by atoms with van der Waals surface area (Å²) in [5.41, 5.74) is 5.27. The molecule has 0 amide bonds. The first-order valence-electron chi connectivity index (χ1n) is 13.7. The number of hydrogen-bond acceptors (Lipinski definition) is 11. The molecule has 3 heterocycles. The number of fused-ring (bicyclic) bond motifs is 1. The zero-order valence-corrected chi connectivity index (χ0v) is 24.8. The standard InChI is InChI=1S/C26H34ClN6O8P/c1-15(23(36)39-16-9-5-3-6-10-16)32-42(37,41-17-11-7-4-8-12-17)38-13-18-20(34)26(2,27)24(40-18)33-14-29-19-21(33)30-25(28)31-22(19)35/h4,7-8,11-12,14-16,18,20,24,34H,3,5-6,9-10,13H2,1-2H3,(H,32,37)(H3,28,30,31,35). The molecule has 0 spiro atoms. The fourth-order valence-electron chi connectivity index (χ4n) is 5.09. The SMILES string of the molecule is CC(NP(=O)(OCC1OC(n2cnc3c(=O)[nH]c(N)nc32)C(C)(Cl)C1O)Oc1ccccc1)C(=O)OC1CCCCC1. The molecule has 6 atom stereocenters. The average Bonchev–Trinajstić information content (AvgIpc) is 3.46. The van der Waals surface area contributed by atoms with E-state index in [9.17, 15) is 19.3 Å². The topological polar surface area (TPSA) is 193 Å². The predicted molar refractivity (Wildman–Crippen MR) is 153 cm³/mol. The molecule has 0 radical (unpaired) electrons. The number of anilines is 1. The predicted octanol–water partition coefficient (Wildman–Crippen LogP) is 3.02. The molecule has 2 aliphatic rings. The van der Waals surface area contributed by atoms with Gasteiger partial charge in [0, 0.05) is 0 Å². The molecule has 1 aliphatic carbocycles. The first-order valence-corrected chi connectivity index (χ1v) is 15.6. The van der Waals surface area contributed by atoms with Gasteiger partial charge in [0.2, 0.25) is 5.95 Å². The third-order valence-electron chi connectivity index (χ3n) is 7.34. The molecule has 42 heavy (non-hydrogen) atoms. The highest BCUT2D eigenvalue weighted by atomic mass is 35.5. The Kier molecular flexibility index (Phi) is 8.93. The smallest absolute Gasteiger partial charge is 0.459 e. The van der Waals surface area contributed by atoms with Crippen LogP contribution >= 0.6 is 19.3 Å². The van der Waals surface area contributed by atoms with Gasteiger partial charge in [-0.3, -0.25) is 23.7 Å². The van der Waals surface area contributed by atoms with Crippen LogP contribution in [0.2, 0.25) is 0 Å². The Balaban J connectivity index is 1.32. The Bertz CT molecular complexity index is 1510. The molecule has 1 saturated carbocycles. The Hall–Kier alpha value is -3.00. The number of nitrogens with zero attached hydrogens (tertiary/aromatic N) is 3. The summed E-state index contributed by atoms with van der Waals surface area (Å²) in [5.74, 6) is -0.486. The molecule has 3 aromatic rings. The van der Waals surface area contributed by atoms with Gasteiger partial charge < -0.3 is 24.8 Å². The largest absolute Gasteiger partial charge is 0.461 e. The average molecular weight is 625 g/mol. The van der Waals surface area contributed by atoms with E-state index in [1.807, 2.05) is 0 Å². The van der Waals surface area contributed by atoms with Crippen LogP contribution in [0.3, 0.4) is 0 Å². The molecule has 14 nitrogen and oxygen atoms in total. The number of nitrogens with two attached hydrogens (primary N) is 1. The van der Waals surface area contributed by atoms with Crippen LogP contribution < -0.4 is 20.9 Å². The molecule has 1 aliphatic heterocycles. The van der Waals surface area contributed by atoms with Gasteiger partial charge in [0.25, 0.3) is 5.56 Å². The highest BCUT2D eigenvalue weighted by Crippen LogP contribution is 2.48. The van der Waals surface area contributed by atoms with E-state index in [1.54, 1.807) is 30.3 Å². The van der Waals surface area contributed by atoms with Crippen molar-refractivity contribution in [3.05, 3.63) is 47.0 Å². The van der Waals surface area contributed by atoms with Crippen LogP contribution in [-0.4, -0.2) is 66.4 Å². The van der Waals surface area contributed by atoms with Gasteiger partial charge in [-0.25, -0.2) is 9.55 Å². The van der Waals surface area contributed by atoms with Crippen LogP contribution in [0.1, 0.15) is 52.2 Å². The highest BCUT2D eigenvalue weighted by molar-refractivity contribution is 7.52. The van der Waals surface area contributed by atoms with Crippen molar-refractivity contribution in [2.45, 2.75) is 81.4 Å². The number of aromatic amines is 1. The lowest BCUT2D eigenvalue weighted by atomic mass is 9.98. The number of aliphatic hydroxyl groups is 1. The number of rotatable bonds is 10. The summed E-state index contributed by atoms with van der Waals surface area (Å²) < 4.78 is 38.5. The van der Waals surface area contributed by atoms with Crippen LogP contribution in [0.5, 0.6) is 5.75 Å². The molecule has 1 aromatic carbocycles. The number of hydrogen-bond donors (Lipinski definition) is 4. The Labute approximate surface area is 246 Å². The number of aliphatic hydroxyl groups excluding tert-OH is 1. The van der Waals surface area contributed by atoms with E-state index in [0.717, 1.165) is 32.1 Å². The van der Waals surface area contributed by atoms with Crippen LogP contribution in [0.25, 0.3) is 11.2 Å². The number of benzene rings is 1. The Morgan fingerprint density at radius 1 is 1.33 bits per heavy atom. The van der Waals surface area contributed by atoms with E-state index in [4.69, 9.17) is 35.9 Å². The van der Waals surface area contributed by atoms with E-state index in [-0.39, 0.29) is 29.0 Å². The zero-order chi connectivity index (χ0) is 30.1. The van der Waals surface area contributed by atoms with E-state index in [1.165, 1.54) is 24.7 Å². The molecule has 1 saturated heterocycles. The number of imidazole rings is 1. The Morgan fingerprint density at radius 2 is 2.05 bits per heavy atom. The maximum Gasteiger partial charge on any atom is 0.459 e. The van der Waals surface area contributed by atoms with Crippen LogP contribution in [0, 0.1) is 0 Å². The number of H-pyrrole nitrogens is 1. The van der Waals surface area contributed by atoms with Crippen molar-refractivity contribution in [1.82, 2.24) is 24.6 Å². The van der Waals surface area contributed by atoms with Crippen molar-refractivity contribution in [2.24, 2.45) is 0 Å². The number of halogens is 1. The van der Waals surface area contributed by atoms with Crippen LogP contribution in [-0.2, 0) is 23.4 Å². The number of para-hydroxylation sites is 1. The normalized spacial score (nSPS) is 27.0. The van der Waals surface area contributed by atoms with E-state index in [0.29, 0.717) is 0 Å². The number of carbonyl (C=O) groups excluding carboxylic acids is 1. The molecule has 16 heteroatoms. The third kappa shape index (κ3) is 6.48. The van der Waals surface area contributed by atoms with E-state index in [2.05, 4.69) is 20.0 Å². The molecular weight excluding hydrogens is 591 g/mol. The zero-order valence-electron chi connectivity index (χ0n) is 23.1. The van der Waals surface area contributed by atoms with E-state index >= 15 is 0 Å². The van der Waals surface area contributed by atoms with Crippen molar-refractivity contribution in [3.8, 4) is 5.75 Å². The quantitative estimate of drug-likeness (QED) is 0.147. The van der Waals surface area contributed by atoms with Crippen LogP contribution in [0.4, 0.5) is 5.95 Å². The van der Waals surface area contributed by atoms with E-state index < -0.39 is 55.2 Å². The summed E-state index contributed by atoms with van der Waals surface area (Å²) >= 11 is 6.75. The first kappa shape index (κ1) is 30.5.